The van der Waals surface area contributed by atoms with Gasteiger partial charge in [0, 0.05) is 19.3 Å². The van der Waals surface area contributed by atoms with Crippen LogP contribution in [-0.4, -0.2) is 42.2 Å². The smallest absolute Gasteiger partial charge is 0.171 e. The predicted octanol–water partition coefficient (Wildman–Crippen LogP) is 1.24. The minimum absolute atomic E-state index is 0.611. The van der Waals surface area contributed by atoms with Crippen molar-refractivity contribution in [3.8, 4) is 0 Å². The van der Waals surface area contributed by atoms with E-state index in [2.05, 4.69) is 20.5 Å². The lowest BCUT2D eigenvalue weighted by Crippen LogP contribution is -2.34. The van der Waals surface area contributed by atoms with Crippen LogP contribution < -0.4 is 10.6 Å². The standard InChI is InChI=1S/C11H18N4S/c1-9-4-5-12-10(8-9)14-11(16)13-6-7-15(2)3/h4-5,8H,6-7H2,1-3H3,(H2,12,13,14,16). The highest BCUT2D eigenvalue weighted by Crippen LogP contribution is 2.04. The molecule has 1 heterocycles. The number of rotatable bonds is 4. The number of pyridine rings is 1. The molecule has 0 saturated carbocycles. The maximum atomic E-state index is 5.15. The van der Waals surface area contributed by atoms with E-state index < -0.39 is 0 Å². The Morgan fingerprint density at radius 2 is 2.25 bits per heavy atom. The molecular weight excluding hydrogens is 220 g/mol. The zero-order chi connectivity index (χ0) is 12.0. The highest BCUT2D eigenvalue weighted by atomic mass is 32.1. The topological polar surface area (TPSA) is 40.2 Å². The number of aromatic nitrogens is 1. The van der Waals surface area contributed by atoms with E-state index in [9.17, 15) is 0 Å². The Labute approximate surface area is 102 Å². The Bertz CT molecular complexity index is 352. The molecule has 16 heavy (non-hydrogen) atoms. The first-order valence-electron chi connectivity index (χ1n) is 5.20. The molecule has 0 unspecified atom stereocenters. The summed E-state index contributed by atoms with van der Waals surface area (Å²) in [6, 6.07) is 3.91. The summed E-state index contributed by atoms with van der Waals surface area (Å²) >= 11 is 5.15. The largest absolute Gasteiger partial charge is 0.361 e. The molecule has 0 aliphatic rings. The highest BCUT2D eigenvalue weighted by Gasteiger charge is 1.98. The molecule has 0 atom stereocenters. The quantitative estimate of drug-likeness (QED) is 0.772. The van der Waals surface area contributed by atoms with Gasteiger partial charge in [-0.1, -0.05) is 0 Å². The molecule has 2 N–H and O–H groups in total. The molecule has 0 saturated heterocycles. The SMILES string of the molecule is Cc1ccnc(NC(=S)NCCN(C)C)c1. The first-order valence-corrected chi connectivity index (χ1v) is 5.61. The van der Waals surface area contributed by atoms with Crippen molar-refractivity contribution in [2.75, 3.05) is 32.5 Å². The lowest BCUT2D eigenvalue weighted by Gasteiger charge is -2.13. The van der Waals surface area contributed by atoms with Gasteiger partial charge in [0.25, 0.3) is 0 Å². The van der Waals surface area contributed by atoms with Crippen LogP contribution in [0.25, 0.3) is 0 Å². The zero-order valence-electron chi connectivity index (χ0n) is 9.95. The van der Waals surface area contributed by atoms with Crippen LogP contribution in [0.1, 0.15) is 5.56 Å². The number of thiocarbonyl (C=S) groups is 1. The second-order valence-corrected chi connectivity index (χ2v) is 4.31. The molecule has 0 aliphatic heterocycles. The van der Waals surface area contributed by atoms with Crippen molar-refractivity contribution in [1.82, 2.24) is 15.2 Å². The third-order valence-electron chi connectivity index (χ3n) is 2.00. The van der Waals surface area contributed by atoms with Gasteiger partial charge in [0.2, 0.25) is 0 Å². The van der Waals surface area contributed by atoms with Gasteiger partial charge in [0.05, 0.1) is 0 Å². The van der Waals surface area contributed by atoms with E-state index in [-0.39, 0.29) is 0 Å². The summed E-state index contributed by atoms with van der Waals surface area (Å²) in [6.07, 6.45) is 1.76. The molecular formula is C11H18N4S. The third kappa shape index (κ3) is 5.04. The normalized spacial score (nSPS) is 10.2. The maximum Gasteiger partial charge on any atom is 0.171 e. The molecule has 0 amide bonds. The second kappa shape index (κ2) is 6.40. The first-order chi connectivity index (χ1) is 7.58. The Balaban J connectivity index is 2.34. The van der Waals surface area contributed by atoms with Crippen LogP contribution in [0.2, 0.25) is 0 Å². The van der Waals surface area contributed by atoms with E-state index in [0.717, 1.165) is 24.5 Å². The highest BCUT2D eigenvalue weighted by molar-refractivity contribution is 7.80. The molecule has 0 radical (unpaired) electrons. The van der Waals surface area contributed by atoms with Gasteiger partial charge in [-0.15, -0.1) is 0 Å². The number of likely N-dealkylation sites (N-methyl/N-ethyl adjacent to an activating group) is 1. The van der Waals surface area contributed by atoms with Crippen LogP contribution in [-0.2, 0) is 0 Å². The number of anilines is 1. The van der Waals surface area contributed by atoms with Gasteiger partial charge >= 0.3 is 0 Å². The molecule has 0 aliphatic carbocycles. The van der Waals surface area contributed by atoms with Crippen LogP contribution in [0.15, 0.2) is 18.3 Å². The predicted molar refractivity (Wildman–Crippen MR) is 71.8 cm³/mol. The third-order valence-corrected chi connectivity index (χ3v) is 2.25. The molecule has 0 aromatic carbocycles. The molecule has 4 nitrogen and oxygen atoms in total. The molecule has 1 aromatic rings. The summed E-state index contributed by atoms with van der Waals surface area (Å²) in [6.45, 7) is 3.79. The van der Waals surface area contributed by atoms with Gasteiger partial charge in [-0.3, -0.25) is 0 Å². The van der Waals surface area contributed by atoms with Gasteiger partial charge in [0.15, 0.2) is 5.11 Å². The molecule has 5 heteroatoms. The van der Waals surface area contributed by atoms with E-state index in [1.807, 2.05) is 33.2 Å². The van der Waals surface area contributed by atoms with Crippen LogP contribution in [0.4, 0.5) is 5.82 Å². The van der Waals surface area contributed by atoms with E-state index in [0.29, 0.717) is 5.11 Å². The van der Waals surface area contributed by atoms with Gasteiger partial charge in [-0.25, -0.2) is 4.98 Å². The fraction of sp³-hybridized carbons (Fsp3) is 0.455. The zero-order valence-corrected chi connectivity index (χ0v) is 10.8. The van der Waals surface area contributed by atoms with Gasteiger partial charge in [0.1, 0.15) is 5.82 Å². The van der Waals surface area contributed by atoms with Gasteiger partial charge < -0.3 is 15.5 Å². The lowest BCUT2D eigenvalue weighted by molar-refractivity contribution is 0.413. The Morgan fingerprint density at radius 3 is 2.88 bits per heavy atom. The summed E-state index contributed by atoms with van der Waals surface area (Å²) in [5, 5.41) is 6.78. The summed E-state index contributed by atoms with van der Waals surface area (Å²) < 4.78 is 0. The minimum atomic E-state index is 0.611. The van der Waals surface area contributed by atoms with Gasteiger partial charge in [-0.2, -0.15) is 0 Å². The van der Waals surface area contributed by atoms with Crippen molar-refractivity contribution < 1.29 is 0 Å². The van der Waals surface area contributed by atoms with E-state index in [1.165, 1.54) is 0 Å². The average molecular weight is 238 g/mol. The van der Waals surface area contributed by atoms with E-state index in [4.69, 9.17) is 12.2 Å². The number of aryl methyl sites for hydroxylation is 1. The monoisotopic (exact) mass is 238 g/mol. The average Bonchev–Trinajstić information content (AvgIpc) is 2.16. The Kier molecular flexibility index (Phi) is 5.14. The summed E-state index contributed by atoms with van der Waals surface area (Å²) in [4.78, 5) is 6.27. The van der Waals surface area contributed by atoms with Crippen LogP contribution in [0.5, 0.6) is 0 Å². The number of nitrogens with zero attached hydrogens (tertiary/aromatic N) is 2. The second-order valence-electron chi connectivity index (χ2n) is 3.90. The van der Waals surface area contributed by atoms with Crippen LogP contribution in [0, 0.1) is 6.92 Å². The molecule has 1 aromatic heterocycles. The fourth-order valence-electron chi connectivity index (χ4n) is 1.16. The Hall–Kier alpha value is -1.20. The van der Waals surface area contributed by atoms with Crippen molar-refractivity contribution in [3.05, 3.63) is 23.9 Å². The van der Waals surface area contributed by atoms with Gasteiger partial charge in [-0.05, 0) is 50.9 Å². The van der Waals surface area contributed by atoms with Crippen molar-refractivity contribution in [2.45, 2.75) is 6.92 Å². The molecule has 88 valence electrons. The van der Waals surface area contributed by atoms with Crippen LogP contribution >= 0.6 is 12.2 Å². The minimum Gasteiger partial charge on any atom is -0.361 e. The molecule has 0 fully saturated rings. The first kappa shape index (κ1) is 12.9. The van der Waals surface area contributed by atoms with Crippen LogP contribution in [0.3, 0.4) is 0 Å². The maximum absolute atomic E-state index is 5.15. The summed E-state index contributed by atoms with van der Waals surface area (Å²) in [7, 11) is 4.06. The number of hydrogen-bond acceptors (Lipinski definition) is 3. The molecule has 0 bridgehead atoms. The van der Waals surface area contributed by atoms with Crippen molar-refractivity contribution >= 4 is 23.1 Å². The lowest BCUT2D eigenvalue weighted by atomic mass is 10.3. The number of hydrogen-bond donors (Lipinski definition) is 2. The Morgan fingerprint density at radius 1 is 1.50 bits per heavy atom. The van der Waals surface area contributed by atoms with E-state index in [1.54, 1.807) is 6.20 Å². The van der Waals surface area contributed by atoms with Crippen molar-refractivity contribution in [1.29, 1.82) is 0 Å². The van der Waals surface area contributed by atoms with E-state index >= 15 is 0 Å². The molecule has 1 rings (SSSR count). The summed E-state index contributed by atoms with van der Waals surface area (Å²) in [5.74, 6) is 0.780. The fourth-order valence-corrected chi connectivity index (χ4v) is 1.36. The van der Waals surface area contributed by atoms with Crippen molar-refractivity contribution in [2.24, 2.45) is 0 Å². The number of nitrogens with one attached hydrogen (secondary N) is 2. The summed E-state index contributed by atoms with van der Waals surface area (Å²) in [5.41, 5.74) is 1.16. The molecule has 0 spiro atoms. The van der Waals surface area contributed by atoms with Crippen molar-refractivity contribution in [3.63, 3.8) is 0 Å².